The Hall–Kier alpha value is -2.55. The first kappa shape index (κ1) is 24.6. The Bertz CT molecular complexity index is 1070. The quantitative estimate of drug-likeness (QED) is 0.358. The van der Waals surface area contributed by atoms with Gasteiger partial charge in [0.15, 0.2) is 11.6 Å². The van der Waals surface area contributed by atoms with Crippen molar-refractivity contribution >= 4 is 17.7 Å². The summed E-state index contributed by atoms with van der Waals surface area (Å²) in [7, 11) is 0. The zero-order valence-corrected chi connectivity index (χ0v) is 20.3. The van der Waals surface area contributed by atoms with E-state index in [2.05, 4.69) is 13.8 Å². The highest BCUT2D eigenvalue weighted by molar-refractivity contribution is 5.79. The number of allylic oxidation sites excluding steroid dienone is 4. The minimum atomic E-state index is -0.774. The molecule has 3 heteroatoms. The number of halogens is 3. The zero-order chi connectivity index (χ0) is 24.1. The first-order chi connectivity index (χ1) is 16.5. The summed E-state index contributed by atoms with van der Waals surface area (Å²) in [6.45, 7) is 4.31. The second kappa shape index (κ2) is 11.3. The third-order valence-electron chi connectivity index (χ3n) is 7.61. The van der Waals surface area contributed by atoms with E-state index < -0.39 is 11.6 Å². The maximum absolute atomic E-state index is 14.9. The molecular weight excluding hydrogens is 429 g/mol. The van der Waals surface area contributed by atoms with Gasteiger partial charge >= 0.3 is 0 Å². The van der Waals surface area contributed by atoms with Crippen LogP contribution in [0.2, 0.25) is 0 Å². The van der Waals surface area contributed by atoms with Crippen LogP contribution in [0.3, 0.4) is 0 Å². The lowest BCUT2D eigenvalue weighted by Gasteiger charge is -2.28. The molecule has 2 aliphatic rings. The van der Waals surface area contributed by atoms with E-state index in [-0.39, 0.29) is 23.2 Å². The van der Waals surface area contributed by atoms with Crippen LogP contribution in [0, 0.1) is 23.5 Å². The van der Waals surface area contributed by atoms with Gasteiger partial charge in [-0.3, -0.25) is 0 Å². The molecule has 0 saturated heterocycles. The van der Waals surface area contributed by atoms with E-state index in [1.54, 1.807) is 30.4 Å². The Morgan fingerprint density at radius 1 is 0.853 bits per heavy atom. The number of benzene rings is 2. The Labute approximate surface area is 202 Å². The van der Waals surface area contributed by atoms with Gasteiger partial charge in [0.05, 0.1) is 0 Å². The molecule has 0 amide bonds. The SMILES string of the molecule is CCCC1C=C(F)C(c2ccc(/C=C/c3ccc(C4CCC(CC)CC4)c(F)c3F)cc2)=CC1. The third-order valence-corrected chi connectivity index (χ3v) is 7.61. The van der Waals surface area contributed by atoms with Crippen molar-refractivity contribution in [1.29, 1.82) is 0 Å². The van der Waals surface area contributed by atoms with Crippen molar-refractivity contribution in [2.24, 2.45) is 11.8 Å². The van der Waals surface area contributed by atoms with Crippen molar-refractivity contribution in [2.75, 3.05) is 0 Å². The maximum atomic E-state index is 14.9. The average molecular weight is 465 g/mol. The van der Waals surface area contributed by atoms with E-state index in [0.717, 1.165) is 68.4 Å². The van der Waals surface area contributed by atoms with Crippen LogP contribution in [0.5, 0.6) is 0 Å². The predicted molar refractivity (Wildman–Crippen MR) is 137 cm³/mol. The molecule has 0 bridgehead atoms. The van der Waals surface area contributed by atoms with Crippen molar-refractivity contribution in [1.82, 2.24) is 0 Å². The fourth-order valence-electron chi connectivity index (χ4n) is 5.42. The molecule has 0 aromatic heterocycles. The fourth-order valence-corrected chi connectivity index (χ4v) is 5.42. The van der Waals surface area contributed by atoms with Gasteiger partial charge in [0, 0.05) is 11.1 Å². The molecule has 0 aliphatic heterocycles. The average Bonchev–Trinajstić information content (AvgIpc) is 2.86. The van der Waals surface area contributed by atoms with E-state index in [4.69, 9.17) is 0 Å². The zero-order valence-electron chi connectivity index (χ0n) is 20.3. The molecule has 0 nitrogen and oxygen atoms in total. The summed E-state index contributed by atoms with van der Waals surface area (Å²) in [5.74, 6) is -0.520. The van der Waals surface area contributed by atoms with Crippen LogP contribution in [0.15, 0.2) is 54.4 Å². The molecule has 2 aromatic rings. The van der Waals surface area contributed by atoms with Gasteiger partial charge in [-0.05, 0) is 79.0 Å². The molecule has 0 heterocycles. The van der Waals surface area contributed by atoms with Gasteiger partial charge in [-0.2, -0.15) is 0 Å². The lowest BCUT2D eigenvalue weighted by molar-refractivity contribution is 0.312. The van der Waals surface area contributed by atoms with Crippen LogP contribution in [-0.4, -0.2) is 0 Å². The molecule has 0 N–H and O–H groups in total. The topological polar surface area (TPSA) is 0 Å². The molecule has 1 fully saturated rings. The highest BCUT2D eigenvalue weighted by Crippen LogP contribution is 2.39. The van der Waals surface area contributed by atoms with Crippen molar-refractivity contribution in [3.63, 3.8) is 0 Å². The summed E-state index contributed by atoms with van der Waals surface area (Å²) in [6, 6.07) is 11.0. The predicted octanol–water partition coefficient (Wildman–Crippen LogP) is 9.88. The molecule has 2 aromatic carbocycles. The van der Waals surface area contributed by atoms with Crippen molar-refractivity contribution < 1.29 is 13.2 Å². The van der Waals surface area contributed by atoms with Crippen LogP contribution >= 0.6 is 0 Å². The van der Waals surface area contributed by atoms with Crippen molar-refractivity contribution in [2.45, 2.75) is 71.1 Å². The van der Waals surface area contributed by atoms with Crippen molar-refractivity contribution in [3.05, 3.63) is 88.3 Å². The monoisotopic (exact) mass is 464 g/mol. The Balaban J connectivity index is 1.44. The minimum Gasteiger partial charge on any atom is -0.207 e. The molecule has 1 atom stereocenters. The maximum Gasteiger partial charge on any atom is 0.166 e. The number of hydrogen-bond acceptors (Lipinski definition) is 0. The molecule has 1 saturated carbocycles. The van der Waals surface area contributed by atoms with Gasteiger partial charge in [-0.1, -0.05) is 81.3 Å². The first-order valence-corrected chi connectivity index (χ1v) is 12.8. The molecular formula is C31H35F3. The molecule has 1 unspecified atom stereocenters. The molecule has 2 aliphatic carbocycles. The van der Waals surface area contributed by atoms with Gasteiger partial charge < -0.3 is 0 Å². The van der Waals surface area contributed by atoms with Gasteiger partial charge in [-0.25, -0.2) is 13.2 Å². The minimum absolute atomic E-state index is 0.115. The summed E-state index contributed by atoms with van der Waals surface area (Å²) < 4.78 is 44.2. The summed E-state index contributed by atoms with van der Waals surface area (Å²) in [5, 5.41) is 0. The second-order valence-electron chi connectivity index (χ2n) is 9.87. The summed E-state index contributed by atoms with van der Waals surface area (Å²) in [4.78, 5) is 0. The second-order valence-corrected chi connectivity index (χ2v) is 9.87. The Kier molecular flexibility index (Phi) is 8.13. The number of hydrogen-bond donors (Lipinski definition) is 0. The van der Waals surface area contributed by atoms with Crippen LogP contribution in [0.4, 0.5) is 13.2 Å². The summed E-state index contributed by atoms with van der Waals surface area (Å²) >= 11 is 0. The first-order valence-electron chi connectivity index (χ1n) is 12.8. The van der Waals surface area contributed by atoms with Gasteiger partial charge in [0.25, 0.3) is 0 Å². The smallest absolute Gasteiger partial charge is 0.166 e. The molecule has 0 spiro atoms. The Morgan fingerprint density at radius 2 is 1.59 bits per heavy atom. The highest BCUT2D eigenvalue weighted by Gasteiger charge is 2.25. The standard InChI is InChI=1S/C31H35F3/c1-3-5-23-11-18-27(29(32)20-23)24-14-8-22(9-15-24)10-16-26-17-19-28(31(34)30(26)33)25-12-6-21(4-2)7-13-25/h8-10,14-21,23,25H,3-7,11-13H2,1-2H3/b16-10+. The van der Waals surface area contributed by atoms with E-state index >= 15 is 0 Å². The van der Waals surface area contributed by atoms with Gasteiger partial charge in [0.2, 0.25) is 0 Å². The van der Waals surface area contributed by atoms with E-state index in [9.17, 15) is 13.2 Å². The van der Waals surface area contributed by atoms with Gasteiger partial charge in [-0.15, -0.1) is 0 Å². The summed E-state index contributed by atoms with van der Waals surface area (Å²) in [6.07, 6.45) is 15.2. The van der Waals surface area contributed by atoms with Crippen LogP contribution in [0.1, 0.15) is 93.4 Å². The molecule has 4 rings (SSSR count). The van der Waals surface area contributed by atoms with Crippen LogP contribution in [0.25, 0.3) is 17.7 Å². The summed E-state index contributed by atoms with van der Waals surface area (Å²) in [5.41, 5.74) is 3.10. The number of rotatable bonds is 7. The lowest BCUT2D eigenvalue weighted by Crippen LogP contribution is -2.14. The van der Waals surface area contributed by atoms with E-state index in [0.29, 0.717) is 11.1 Å². The third kappa shape index (κ3) is 5.56. The van der Waals surface area contributed by atoms with E-state index in [1.165, 1.54) is 0 Å². The van der Waals surface area contributed by atoms with Gasteiger partial charge in [0.1, 0.15) is 5.83 Å². The normalized spacial score (nSPS) is 23.1. The van der Waals surface area contributed by atoms with E-state index in [1.807, 2.05) is 30.3 Å². The van der Waals surface area contributed by atoms with Crippen LogP contribution < -0.4 is 0 Å². The van der Waals surface area contributed by atoms with Crippen LogP contribution in [-0.2, 0) is 0 Å². The largest absolute Gasteiger partial charge is 0.207 e. The molecule has 34 heavy (non-hydrogen) atoms. The highest BCUT2D eigenvalue weighted by atomic mass is 19.2. The Morgan fingerprint density at radius 3 is 2.24 bits per heavy atom. The molecule has 180 valence electrons. The van der Waals surface area contributed by atoms with Crippen molar-refractivity contribution in [3.8, 4) is 0 Å². The molecule has 0 radical (unpaired) electrons. The fraction of sp³-hybridized carbons (Fsp3) is 0.419. The lowest BCUT2D eigenvalue weighted by atomic mass is 9.77.